The van der Waals surface area contributed by atoms with Crippen LogP contribution in [-0.2, 0) is 38.4 Å². The maximum absolute atomic E-state index is 13.3. The lowest BCUT2D eigenvalue weighted by atomic mass is 9.81. The Morgan fingerprint density at radius 3 is 0.578 bits per heavy atom. The summed E-state index contributed by atoms with van der Waals surface area (Å²) in [6, 6.07) is 78.0. The van der Waals surface area contributed by atoms with Crippen LogP contribution in [0.25, 0.3) is 55.6 Å². The van der Waals surface area contributed by atoms with Crippen molar-refractivity contribution in [3.63, 3.8) is 0 Å². The van der Waals surface area contributed by atoms with E-state index >= 15 is 0 Å². The molecular weight excluding hydrogens is 1120 g/mol. The van der Waals surface area contributed by atoms with Gasteiger partial charge in [0.2, 0.25) is 0 Å². The molecule has 0 unspecified atom stereocenters. The molecule has 0 saturated carbocycles. The second-order valence-corrected chi connectivity index (χ2v) is 22.1. The molecule has 0 N–H and O–H groups in total. The molecule has 4 aliphatic rings. The van der Waals surface area contributed by atoms with Crippen molar-refractivity contribution in [3.05, 3.63) is 325 Å². The van der Waals surface area contributed by atoms with Gasteiger partial charge in [-0.1, -0.05) is 194 Å². The van der Waals surface area contributed by atoms with Crippen LogP contribution in [0.5, 0.6) is 0 Å². The molecule has 8 amide bonds. The fraction of sp³-hybridized carbons (Fsp3) is 0.0256. The fourth-order valence-corrected chi connectivity index (χ4v) is 12.6. The molecule has 430 valence electrons. The van der Waals surface area contributed by atoms with E-state index in [0.29, 0.717) is 45.0 Å². The molecule has 4 aliphatic heterocycles. The first kappa shape index (κ1) is 55.6. The van der Waals surface area contributed by atoms with Crippen LogP contribution in [0.15, 0.2) is 291 Å². The molecule has 0 radical (unpaired) electrons. The number of hydrogen-bond donors (Lipinski definition) is 0. The molecule has 0 fully saturated rings. The van der Waals surface area contributed by atoms with Gasteiger partial charge in [-0.2, -0.15) is 0 Å². The van der Waals surface area contributed by atoms with Crippen molar-refractivity contribution in [1.29, 1.82) is 0 Å². The van der Waals surface area contributed by atoms with Crippen molar-refractivity contribution in [2.45, 2.75) is 11.8 Å². The molecule has 0 spiro atoms. The number of benzene rings is 10. The Labute approximate surface area is 517 Å². The number of carbonyl (C=O) groups is 8. The van der Waals surface area contributed by atoms with Crippen LogP contribution in [0.1, 0.15) is 45.2 Å². The van der Waals surface area contributed by atoms with E-state index in [-0.39, 0.29) is 0 Å². The van der Waals surface area contributed by atoms with Crippen LogP contribution in [0.2, 0.25) is 0 Å². The van der Waals surface area contributed by atoms with Crippen LogP contribution in [-0.4, -0.2) is 47.3 Å². The zero-order valence-electron chi connectivity index (χ0n) is 47.9. The van der Waals surface area contributed by atoms with E-state index in [9.17, 15) is 38.4 Å². The van der Waals surface area contributed by atoms with Crippen LogP contribution in [0, 0.1) is 0 Å². The van der Waals surface area contributed by atoms with Gasteiger partial charge in [-0.25, -0.2) is 19.6 Å². The average Bonchev–Trinajstić information content (AvgIpc) is 1.09. The third-order valence-corrected chi connectivity index (χ3v) is 16.8. The number of carbonyl (C=O) groups excluding carboxylic acids is 8. The Balaban J connectivity index is 0.892. The summed E-state index contributed by atoms with van der Waals surface area (Å²) >= 11 is 0. The minimum Gasteiger partial charge on any atom is -0.269 e. The van der Waals surface area contributed by atoms with E-state index in [2.05, 4.69) is 48.5 Å². The Hall–Kier alpha value is -12.3. The lowest BCUT2D eigenvalue weighted by Crippen LogP contribution is -2.30. The number of nitrogens with zero attached hydrogens (tertiary/aromatic N) is 4. The molecule has 0 aliphatic carbocycles. The van der Waals surface area contributed by atoms with E-state index < -0.39 is 59.1 Å². The summed E-state index contributed by atoms with van der Waals surface area (Å²) in [7, 11) is 0. The Morgan fingerprint density at radius 2 is 0.378 bits per heavy atom. The molecular formula is C78H50N4O8. The van der Waals surface area contributed by atoms with E-state index in [4.69, 9.17) is 0 Å². The lowest BCUT2D eigenvalue weighted by molar-refractivity contribution is -0.121. The van der Waals surface area contributed by atoms with Gasteiger partial charge < -0.3 is 0 Å². The molecule has 0 atom stereocenters. The molecule has 4 heterocycles. The summed E-state index contributed by atoms with van der Waals surface area (Å²) in [5.74, 6) is -4.49. The highest BCUT2D eigenvalue weighted by atomic mass is 16.2. The highest BCUT2D eigenvalue weighted by molar-refractivity contribution is 6.31. The highest BCUT2D eigenvalue weighted by Gasteiger charge is 2.34. The number of amides is 8. The molecule has 0 aromatic heterocycles. The van der Waals surface area contributed by atoms with Crippen molar-refractivity contribution in [3.8, 4) is 55.6 Å². The topological polar surface area (TPSA) is 150 Å². The predicted molar refractivity (Wildman–Crippen MR) is 348 cm³/mol. The van der Waals surface area contributed by atoms with Gasteiger partial charge in [-0.05, 0) is 115 Å². The molecule has 0 saturated heterocycles. The SMILES string of the molecule is O=C1C=CC(=O)N1c1ccc(C(c2ccc(-c3ccc(C(c4ccc(N5C(=O)C=CC5=O)c(-c5ccccc5)c4)c4ccc(N5C(=O)C=CC5=O)c(-c5ccccc5)c4)cc3)cc2)c2ccc(N3C(=O)C=CC3=O)c(-c3ccccc3)c2)cc1-c1ccccc1. The maximum Gasteiger partial charge on any atom is 0.258 e. The van der Waals surface area contributed by atoms with Gasteiger partial charge in [0.05, 0.1) is 22.7 Å². The summed E-state index contributed by atoms with van der Waals surface area (Å²) < 4.78 is 0. The summed E-state index contributed by atoms with van der Waals surface area (Å²) in [4.78, 5) is 111. The van der Waals surface area contributed by atoms with E-state index in [1.165, 1.54) is 68.2 Å². The number of imide groups is 4. The normalized spacial score (nSPS) is 14.6. The number of anilines is 4. The van der Waals surface area contributed by atoms with Crippen molar-refractivity contribution >= 4 is 70.0 Å². The minimum atomic E-state index is -0.475. The van der Waals surface area contributed by atoms with Crippen molar-refractivity contribution < 1.29 is 38.4 Å². The second-order valence-electron chi connectivity index (χ2n) is 22.1. The second kappa shape index (κ2) is 23.2. The number of rotatable bonds is 15. The summed E-state index contributed by atoms with van der Waals surface area (Å²) in [6.07, 6.45) is 10.2. The zero-order chi connectivity index (χ0) is 61.6. The quantitative estimate of drug-likeness (QED) is 0.0727. The maximum atomic E-state index is 13.3. The van der Waals surface area contributed by atoms with Crippen LogP contribution in [0.4, 0.5) is 22.7 Å². The fourth-order valence-electron chi connectivity index (χ4n) is 12.6. The molecule has 90 heavy (non-hydrogen) atoms. The standard InChI is InChI=1S/C78H50N4O8/c83-69-37-38-70(84)79(69)65-33-29-57(45-61(65)51-13-5-1-6-14-51)77(58-30-34-66(80-71(85)39-40-72(80)86)62(46-58)52-15-7-2-8-16-52)55-25-21-49(22-26-55)50-23-27-56(28-24-50)78(59-31-35-67(81-73(87)41-42-74(81)88)63(47-59)53-17-9-3-10-18-53)60-32-36-68(82-75(89)43-44-76(82)90)64(48-60)54-19-11-4-12-20-54/h1-48,77-78H. The minimum absolute atomic E-state index is 0.436. The summed E-state index contributed by atoms with van der Waals surface area (Å²) in [5.41, 5.74) is 14.6. The first-order valence-electron chi connectivity index (χ1n) is 29.2. The first-order valence-corrected chi connectivity index (χ1v) is 29.2. The van der Waals surface area contributed by atoms with Crippen LogP contribution in [0.3, 0.4) is 0 Å². The molecule has 14 rings (SSSR count). The number of hydrogen-bond acceptors (Lipinski definition) is 8. The molecule has 12 nitrogen and oxygen atoms in total. The van der Waals surface area contributed by atoms with E-state index in [1.54, 1.807) is 0 Å². The largest absolute Gasteiger partial charge is 0.269 e. The van der Waals surface area contributed by atoms with Gasteiger partial charge in [-0.3, -0.25) is 38.4 Å². The molecule has 10 aromatic rings. The van der Waals surface area contributed by atoms with Crippen LogP contribution >= 0.6 is 0 Å². The molecule has 10 aromatic carbocycles. The van der Waals surface area contributed by atoms with Gasteiger partial charge >= 0.3 is 0 Å². The highest BCUT2D eigenvalue weighted by Crippen LogP contribution is 2.46. The van der Waals surface area contributed by atoms with Gasteiger partial charge in [0.25, 0.3) is 47.3 Å². The van der Waals surface area contributed by atoms with Gasteiger partial charge in [0.1, 0.15) is 0 Å². The van der Waals surface area contributed by atoms with Gasteiger partial charge in [-0.15, -0.1) is 0 Å². The zero-order valence-corrected chi connectivity index (χ0v) is 47.9. The predicted octanol–water partition coefficient (Wildman–Crippen LogP) is 14.1. The van der Waals surface area contributed by atoms with Gasteiger partial charge in [0.15, 0.2) is 0 Å². The lowest BCUT2D eigenvalue weighted by Gasteiger charge is -2.26. The summed E-state index contributed by atoms with van der Waals surface area (Å²) in [6.45, 7) is 0. The van der Waals surface area contributed by atoms with Crippen molar-refractivity contribution in [2.24, 2.45) is 0 Å². The summed E-state index contributed by atoms with van der Waals surface area (Å²) in [5, 5.41) is 0. The Bertz CT molecular complexity index is 4130. The molecule has 0 bridgehead atoms. The monoisotopic (exact) mass is 1170 g/mol. The third kappa shape index (κ3) is 10.2. The smallest absolute Gasteiger partial charge is 0.258 e. The van der Waals surface area contributed by atoms with Crippen LogP contribution < -0.4 is 19.6 Å². The van der Waals surface area contributed by atoms with Gasteiger partial charge in [0, 0.05) is 82.7 Å². The first-order chi connectivity index (χ1) is 43.9. The Morgan fingerprint density at radius 1 is 0.189 bits per heavy atom. The average molecular weight is 1170 g/mol. The Kier molecular flexibility index (Phi) is 14.3. The molecule has 12 heteroatoms. The van der Waals surface area contributed by atoms with Crippen molar-refractivity contribution in [2.75, 3.05) is 19.6 Å². The van der Waals surface area contributed by atoms with E-state index in [0.717, 1.165) is 66.8 Å². The van der Waals surface area contributed by atoms with E-state index in [1.807, 2.05) is 194 Å². The third-order valence-electron chi connectivity index (χ3n) is 16.8. The van der Waals surface area contributed by atoms with Crippen molar-refractivity contribution in [1.82, 2.24) is 0 Å².